The Morgan fingerprint density at radius 2 is 1.78 bits per heavy atom. The van der Waals surface area contributed by atoms with Crippen molar-refractivity contribution in [2.45, 2.75) is 44.6 Å². The Morgan fingerprint density at radius 1 is 1.15 bits per heavy atom. The van der Waals surface area contributed by atoms with E-state index in [-0.39, 0.29) is 23.2 Å². The van der Waals surface area contributed by atoms with Gasteiger partial charge in [0, 0.05) is 43.9 Å². The number of piperidine rings is 1. The molecule has 0 spiro atoms. The quantitative estimate of drug-likeness (QED) is 0.829. The van der Waals surface area contributed by atoms with Gasteiger partial charge in [-0.15, -0.1) is 0 Å². The van der Waals surface area contributed by atoms with E-state index in [1.165, 1.54) is 6.07 Å². The molecule has 6 heteroatoms. The molecule has 142 valence electrons. The van der Waals surface area contributed by atoms with Crippen LogP contribution in [-0.2, 0) is 10.2 Å². The highest BCUT2D eigenvalue weighted by atomic mass is 19.1. The molecular weight excluding hydrogens is 345 g/mol. The van der Waals surface area contributed by atoms with Crippen molar-refractivity contribution >= 4 is 5.91 Å². The van der Waals surface area contributed by atoms with E-state index in [0.717, 1.165) is 12.8 Å². The average molecular weight is 369 g/mol. The van der Waals surface area contributed by atoms with Gasteiger partial charge < -0.3 is 9.64 Å². The second-order valence-electron chi connectivity index (χ2n) is 8.09. The number of aromatic nitrogens is 2. The lowest BCUT2D eigenvalue weighted by molar-refractivity contribution is -0.136. The minimum atomic E-state index is -0.755. The lowest BCUT2D eigenvalue weighted by Crippen LogP contribution is -2.47. The van der Waals surface area contributed by atoms with Crippen LogP contribution in [0.3, 0.4) is 0 Å². The first-order chi connectivity index (χ1) is 12.9. The number of hydrogen-bond donors (Lipinski definition) is 0. The molecule has 2 fully saturated rings. The Labute approximate surface area is 158 Å². The van der Waals surface area contributed by atoms with E-state index < -0.39 is 5.41 Å². The Balaban J connectivity index is 1.46. The van der Waals surface area contributed by atoms with E-state index in [1.807, 2.05) is 24.8 Å². The molecule has 1 aliphatic carbocycles. The Morgan fingerprint density at radius 3 is 2.37 bits per heavy atom. The number of ether oxygens (including phenoxy) is 1. The van der Waals surface area contributed by atoms with Crippen LogP contribution in [0.2, 0.25) is 0 Å². The van der Waals surface area contributed by atoms with Gasteiger partial charge in [-0.25, -0.2) is 14.4 Å². The summed E-state index contributed by atoms with van der Waals surface area (Å²) >= 11 is 0. The van der Waals surface area contributed by atoms with Crippen LogP contribution in [0.4, 0.5) is 4.39 Å². The summed E-state index contributed by atoms with van der Waals surface area (Å²) in [4.78, 5) is 23.5. The molecule has 1 saturated heterocycles. The van der Waals surface area contributed by atoms with Crippen molar-refractivity contribution in [2.24, 2.45) is 5.41 Å². The lowest BCUT2D eigenvalue weighted by Gasteiger charge is -2.35. The maximum Gasteiger partial charge on any atom is 0.316 e. The summed E-state index contributed by atoms with van der Waals surface area (Å²) in [6, 6.07) is 8.79. The second kappa shape index (κ2) is 6.59. The Kier molecular flexibility index (Phi) is 4.36. The van der Waals surface area contributed by atoms with Gasteiger partial charge in [-0.05, 0) is 24.0 Å². The van der Waals surface area contributed by atoms with E-state index in [9.17, 15) is 9.18 Å². The number of amides is 1. The zero-order valence-electron chi connectivity index (χ0n) is 15.7. The molecule has 2 heterocycles. The fraction of sp³-hybridized carbons (Fsp3) is 0.476. The molecule has 5 nitrogen and oxygen atoms in total. The van der Waals surface area contributed by atoms with E-state index in [1.54, 1.807) is 30.6 Å². The van der Waals surface area contributed by atoms with E-state index in [0.29, 0.717) is 31.1 Å². The first-order valence-corrected chi connectivity index (χ1v) is 9.42. The summed E-state index contributed by atoms with van der Waals surface area (Å²) in [5.41, 5.74) is -0.470. The highest BCUT2D eigenvalue weighted by molar-refractivity contribution is 5.93. The smallest absolute Gasteiger partial charge is 0.316 e. The minimum Gasteiger partial charge on any atom is -0.460 e. The molecule has 1 aromatic carbocycles. The van der Waals surface area contributed by atoms with Crippen LogP contribution in [-0.4, -0.2) is 40.0 Å². The molecule has 1 aromatic heterocycles. The molecule has 0 bridgehead atoms. The Hall–Kier alpha value is -2.50. The van der Waals surface area contributed by atoms with Gasteiger partial charge in [-0.1, -0.05) is 32.0 Å². The van der Waals surface area contributed by atoms with Crippen molar-refractivity contribution in [2.75, 3.05) is 13.1 Å². The highest BCUT2D eigenvalue weighted by Crippen LogP contribution is 2.65. The molecule has 0 unspecified atom stereocenters. The van der Waals surface area contributed by atoms with Gasteiger partial charge in [0.1, 0.15) is 11.9 Å². The van der Waals surface area contributed by atoms with Gasteiger partial charge in [0.15, 0.2) is 0 Å². The van der Waals surface area contributed by atoms with Gasteiger partial charge in [0.2, 0.25) is 5.91 Å². The van der Waals surface area contributed by atoms with Crippen molar-refractivity contribution in [3.8, 4) is 6.01 Å². The van der Waals surface area contributed by atoms with Crippen LogP contribution in [0.15, 0.2) is 42.7 Å². The topological polar surface area (TPSA) is 55.3 Å². The fourth-order valence-corrected chi connectivity index (χ4v) is 4.31. The molecule has 2 aliphatic rings. The van der Waals surface area contributed by atoms with Crippen LogP contribution < -0.4 is 4.74 Å². The summed E-state index contributed by atoms with van der Waals surface area (Å²) < 4.78 is 20.3. The summed E-state index contributed by atoms with van der Waals surface area (Å²) in [6.45, 7) is 5.28. The molecule has 2 aromatic rings. The van der Waals surface area contributed by atoms with Crippen LogP contribution in [0, 0.1) is 11.2 Å². The van der Waals surface area contributed by atoms with Gasteiger partial charge in [-0.2, -0.15) is 0 Å². The summed E-state index contributed by atoms with van der Waals surface area (Å²) in [5, 5.41) is 0. The van der Waals surface area contributed by atoms with E-state index in [4.69, 9.17) is 4.74 Å². The summed E-state index contributed by atoms with van der Waals surface area (Å²) in [7, 11) is 0. The van der Waals surface area contributed by atoms with Gasteiger partial charge in [0.25, 0.3) is 0 Å². The third-order valence-corrected chi connectivity index (χ3v) is 5.98. The number of carbonyl (C=O) groups is 1. The predicted molar refractivity (Wildman–Crippen MR) is 98.7 cm³/mol. The maximum atomic E-state index is 14.5. The standard InChI is InChI=1S/C21H24FN3O2/c1-20(2)14-21(20,16-6-3-4-7-17(16)22)18(26)25-12-8-15(9-13-25)27-19-23-10-5-11-24-19/h3-7,10-11,15H,8-9,12-14H2,1-2H3/t21-/m0/s1. The normalized spacial score (nSPS) is 24.5. The molecule has 1 atom stereocenters. The van der Waals surface area contributed by atoms with Crippen molar-refractivity contribution in [3.05, 3.63) is 54.1 Å². The van der Waals surface area contributed by atoms with Crippen molar-refractivity contribution in [1.29, 1.82) is 0 Å². The number of halogens is 1. The number of likely N-dealkylation sites (tertiary alicyclic amines) is 1. The Bertz CT molecular complexity index is 834. The maximum absolute atomic E-state index is 14.5. The summed E-state index contributed by atoms with van der Waals surface area (Å²) in [5.74, 6) is -0.261. The molecule has 1 aliphatic heterocycles. The molecule has 1 amide bonds. The first kappa shape index (κ1) is 17.9. The minimum absolute atomic E-state index is 0.00641. The second-order valence-corrected chi connectivity index (χ2v) is 8.09. The third-order valence-electron chi connectivity index (χ3n) is 5.98. The highest BCUT2D eigenvalue weighted by Gasteiger charge is 2.68. The van der Waals surface area contributed by atoms with E-state index >= 15 is 0 Å². The van der Waals surface area contributed by atoms with Gasteiger partial charge in [0.05, 0.1) is 5.41 Å². The number of benzene rings is 1. The average Bonchev–Trinajstić information content (AvgIpc) is 3.26. The number of hydrogen-bond acceptors (Lipinski definition) is 4. The predicted octanol–water partition coefficient (Wildman–Crippen LogP) is 3.35. The van der Waals surface area contributed by atoms with Crippen LogP contribution in [0.5, 0.6) is 6.01 Å². The third kappa shape index (κ3) is 3.07. The molecule has 4 rings (SSSR count). The van der Waals surface area contributed by atoms with Crippen LogP contribution in [0.25, 0.3) is 0 Å². The molecular formula is C21H24FN3O2. The van der Waals surface area contributed by atoms with Gasteiger partial charge >= 0.3 is 6.01 Å². The van der Waals surface area contributed by atoms with Crippen molar-refractivity contribution in [1.82, 2.24) is 14.9 Å². The first-order valence-electron chi connectivity index (χ1n) is 9.42. The molecule has 27 heavy (non-hydrogen) atoms. The number of nitrogens with zero attached hydrogens (tertiary/aromatic N) is 3. The zero-order chi connectivity index (χ0) is 19.1. The zero-order valence-corrected chi connectivity index (χ0v) is 15.7. The molecule has 0 N–H and O–H groups in total. The monoisotopic (exact) mass is 369 g/mol. The SMILES string of the molecule is CC1(C)C[C@@]1(C(=O)N1CCC(Oc2ncccn2)CC1)c1ccccc1F. The molecule has 1 saturated carbocycles. The van der Waals surface area contributed by atoms with Crippen molar-refractivity contribution < 1.29 is 13.9 Å². The lowest BCUT2D eigenvalue weighted by atomic mass is 9.85. The summed E-state index contributed by atoms with van der Waals surface area (Å²) in [6.07, 6.45) is 5.40. The van der Waals surface area contributed by atoms with E-state index in [2.05, 4.69) is 9.97 Å². The van der Waals surface area contributed by atoms with Gasteiger partial charge in [-0.3, -0.25) is 4.79 Å². The van der Waals surface area contributed by atoms with Crippen LogP contribution in [0.1, 0.15) is 38.7 Å². The number of rotatable bonds is 4. The van der Waals surface area contributed by atoms with Crippen molar-refractivity contribution in [3.63, 3.8) is 0 Å². The number of carbonyl (C=O) groups excluding carboxylic acids is 1. The molecule has 0 radical (unpaired) electrons. The fourth-order valence-electron chi connectivity index (χ4n) is 4.31. The largest absolute Gasteiger partial charge is 0.460 e. The van der Waals surface area contributed by atoms with Crippen LogP contribution >= 0.6 is 0 Å².